The van der Waals surface area contributed by atoms with E-state index in [9.17, 15) is 17.7 Å². The summed E-state index contributed by atoms with van der Waals surface area (Å²) in [7, 11) is 1.10. The smallest absolute Gasteiger partial charge is 0.465 e. The molecule has 0 atom stereocenters. The van der Waals surface area contributed by atoms with Gasteiger partial charge in [-0.25, -0.2) is 4.79 Å². The number of rotatable bonds is 2. The largest absolute Gasteiger partial charge is 1.00 e. The molecule has 0 aromatic heterocycles. The third-order valence-electron chi connectivity index (χ3n) is 1.74. The van der Waals surface area contributed by atoms with Gasteiger partial charge < -0.3 is 17.7 Å². The van der Waals surface area contributed by atoms with Crippen molar-refractivity contribution in [2.75, 3.05) is 7.11 Å². The topological polar surface area (TPSA) is 26.3 Å². The Labute approximate surface area is 139 Å². The first-order valence-corrected chi connectivity index (χ1v) is 4.41. The second-order valence-corrected chi connectivity index (χ2v) is 3.40. The van der Waals surface area contributed by atoms with Crippen molar-refractivity contribution < 1.29 is 73.9 Å². The second-order valence-electron chi connectivity index (χ2n) is 2.88. The quantitative estimate of drug-likeness (QED) is 0.417. The van der Waals surface area contributed by atoms with Gasteiger partial charge in [-0.2, -0.15) is 0 Å². The first-order valence-electron chi connectivity index (χ1n) is 3.97. The molecule has 0 N–H and O–H groups in total. The predicted octanol–water partition coefficient (Wildman–Crippen LogP) is -1.18. The minimum absolute atomic E-state index is 0. The van der Waals surface area contributed by atoms with Gasteiger partial charge in [-0.15, -0.1) is 18.1 Å². The van der Waals surface area contributed by atoms with Gasteiger partial charge in [0.2, 0.25) is 0 Å². The molecule has 8 heteroatoms. The summed E-state index contributed by atoms with van der Waals surface area (Å²) < 4.78 is 41.5. The van der Waals surface area contributed by atoms with Gasteiger partial charge >= 0.3 is 64.3 Å². The van der Waals surface area contributed by atoms with Gasteiger partial charge in [0, 0.05) is 4.90 Å². The van der Waals surface area contributed by atoms with E-state index in [4.69, 9.17) is 0 Å². The number of benzene rings is 1. The van der Waals surface area contributed by atoms with Crippen molar-refractivity contribution in [2.45, 2.75) is 4.90 Å². The molecule has 1 aromatic carbocycles. The van der Waals surface area contributed by atoms with Gasteiger partial charge in [-0.3, -0.25) is 0 Å². The Kier molecular flexibility index (Phi) is 6.67. The molecule has 2 nitrogen and oxygen atoms in total. The van der Waals surface area contributed by atoms with Crippen molar-refractivity contribution in [2.24, 2.45) is 0 Å². The molecule has 1 aromatic rings. The molecular formula is C8H7BF3KO2S. The molecule has 0 aliphatic rings. The molecule has 16 heavy (non-hydrogen) atoms. The Hall–Kier alpha value is 0.531. The van der Waals surface area contributed by atoms with E-state index >= 15 is 0 Å². The first kappa shape index (κ1) is 16.5. The van der Waals surface area contributed by atoms with E-state index < -0.39 is 18.4 Å². The Morgan fingerprint density at radius 3 is 2.31 bits per heavy atom. The normalized spacial score (nSPS) is 10.6. The molecule has 0 unspecified atom stereocenters. The van der Waals surface area contributed by atoms with E-state index in [0.29, 0.717) is 0 Å². The summed E-state index contributed by atoms with van der Waals surface area (Å²) in [4.78, 5) is 11.1. The summed E-state index contributed by atoms with van der Waals surface area (Å²) in [6, 6.07) is 2.85. The fraction of sp³-hybridized carbons (Fsp3) is 0.125. The average molecular weight is 274 g/mol. The van der Waals surface area contributed by atoms with E-state index in [-0.39, 0.29) is 61.8 Å². The Morgan fingerprint density at radius 1 is 1.31 bits per heavy atom. The van der Waals surface area contributed by atoms with Crippen molar-refractivity contribution in [3.05, 3.63) is 23.8 Å². The molecular weight excluding hydrogens is 267 g/mol. The van der Waals surface area contributed by atoms with E-state index in [1.54, 1.807) is 0 Å². The summed E-state index contributed by atoms with van der Waals surface area (Å²) in [5.41, 5.74) is -1.01. The van der Waals surface area contributed by atoms with Crippen LogP contribution in [-0.4, -0.2) is 20.1 Å². The molecule has 0 spiro atoms. The number of thiol groups is 1. The van der Waals surface area contributed by atoms with Crippen molar-refractivity contribution in [1.29, 1.82) is 0 Å². The van der Waals surface area contributed by atoms with Crippen LogP contribution in [0, 0.1) is 0 Å². The fourth-order valence-electron chi connectivity index (χ4n) is 1.06. The minimum Gasteiger partial charge on any atom is -0.465 e. The number of carbonyl (C=O) groups is 1. The van der Waals surface area contributed by atoms with Crippen LogP contribution in [0.25, 0.3) is 0 Å². The molecule has 0 saturated carbocycles. The van der Waals surface area contributed by atoms with Gasteiger partial charge in [0.25, 0.3) is 0 Å². The molecule has 82 valence electrons. The SMILES string of the molecule is COC(=O)c1cc(S)cc([B-](F)(F)F)c1.[K+]. The molecule has 0 heterocycles. The van der Waals surface area contributed by atoms with Gasteiger partial charge in [-0.05, 0) is 6.07 Å². The zero-order valence-corrected chi connectivity index (χ0v) is 12.7. The zero-order valence-electron chi connectivity index (χ0n) is 8.71. The number of hydrogen-bond donors (Lipinski definition) is 1. The first-order chi connectivity index (χ1) is 6.84. The van der Waals surface area contributed by atoms with Crippen LogP contribution in [0.3, 0.4) is 0 Å². The number of esters is 1. The van der Waals surface area contributed by atoms with Gasteiger partial charge in [-0.1, -0.05) is 12.1 Å². The van der Waals surface area contributed by atoms with Crippen LogP contribution in [0.1, 0.15) is 10.4 Å². The summed E-state index contributed by atoms with van der Waals surface area (Å²) in [5, 5.41) is 0. The van der Waals surface area contributed by atoms with Crippen LogP contribution in [-0.2, 0) is 4.74 Å². The fourth-order valence-corrected chi connectivity index (χ4v) is 1.35. The Bertz CT molecular complexity index is 397. The summed E-state index contributed by atoms with van der Waals surface area (Å²) in [5.74, 6) is -0.813. The standard InChI is InChI=1S/C8H7BF3O2S.K/c1-14-8(13)5-2-6(9(10,11)12)4-7(15)3-5;/h2-4,15H,1H3;/q-1;+1. The van der Waals surface area contributed by atoms with Crippen molar-refractivity contribution >= 4 is 31.0 Å². The molecule has 0 radical (unpaired) electrons. The van der Waals surface area contributed by atoms with Crippen LogP contribution in [0.4, 0.5) is 12.9 Å². The predicted molar refractivity (Wildman–Crippen MR) is 53.7 cm³/mol. The summed E-state index contributed by atoms with van der Waals surface area (Å²) in [6.45, 7) is -5.13. The van der Waals surface area contributed by atoms with Gasteiger partial charge in [0.15, 0.2) is 0 Å². The molecule has 0 aliphatic heterocycles. The number of ether oxygens (including phenoxy) is 1. The average Bonchev–Trinajstić information content (AvgIpc) is 2.14. The van der Waals surface area contributed by atoms with E-state index in [1.165, 1.54) is 6.07 Å². The van der Waals surface area contributed by atoms with Crippen LogP contribution in [0.15, 0.2) is 23.1 Å². The maximum atomic E-state index is 12.4. The Morgan fingerprint density at radius 2 is 1.88 bits per heavy atom. The van der Waals surface area contributed by atoms with Gasteiger partial charge in [0.05, 0.1) is 12.7 Å². The molecule has 0 aliphatic carbocycles. The summed E-state index contributed by atoms with van der Waals surface area (Å²) >= 11 is 3.79. The number of hydrogen-bond acceptors (Lipinski definition) is 3. The molecule has 0 saturated heterocycles. The maximum absolute atomic E-state index is 12.4. The van der Waals surface area contributed by atoms with Crippen LogP contribution >= 0.6 is 12.6 Å². The van der Waals surface area contributed by atoms with Crippen molar-refractivity contribution in [3.63, 3.8) is 0 Å². The van der Waals surface area contributed by atoms with Crippen molar-refractivity contribution in [1.82, 2.24) is 0 Å². The molecule has 0 amide bonds. The number of methoxy groups -OCH3 is 1. The zero-order chi connectivity index (χ0) is 11.6. The molecule has 0 fully saturated rings. The van der Waals surface area contributed by atoms with Crippen LogP contribution < -0.4 is 56.8 Å². The third-order valence-corrected chi connectivity index (χ3v) is 2.00. The van der Waals surface area contributed by atoms with Crippen LogP contribution in [0.2, 0.25) is 0 Å². The van der Waals surface area contributed by atoms with Crippen molar-refractivity contribution in [3.8, 4) is 0 Å². The number of halogens is 3. The summed E-state index contributed by atoms with van der Waals surface area (Å²) in [6.07, 6.45) is 0. The van der Waals surface area contributed by atoms with E-state index in [0.717, 1.165) is 19.2 Å². The number of carbonyl (C=O) groups excluding carboxylic acids is 1. The van der Waals surface area contributed by atoms with Crippen LogP contribution in [0.5, 0.6) is 0 Å². The van der Waals surface area contributed by atoms with Gasteiger partial charge in [0.1, 0.15) is 0 Å². The van der Waals surface area contributed by atoms with E-state index in [1.807, 2.05) is 0 Å². The minimum atomic E-state index is -5.13. The monoisotopic (exact) mass is 274 g/mol. The maximum Gasteiger partial charge on any atom is 1.00 e. The van der Waals surface area contributed by atoms with E-state index in [2.05, 4.69) is 17.4 Å². The molecule has 1 rings (SSSR count). The second kappa shape index (κ2) is 6.46. The Balaban J connectivity index is 0.00000225. The molecule has 0 bridgehead atoms. The third kappa shape index (κ3) is 4.42.